The molecule has 1 aromatic heterocycles. The van der Waals surface area contributed by atoms with E-state index in [4.69, 9.17) is 5.73 Å². The molecule has 0 aromatic carbocycles. The molecule has 0 bridgehead atoms. The fourth-order valence-corrected chi connectivity index (χ4v) is 2.90. The standard InChI is InChI=1S/C13H20N4O2/c1-9-11(17(18)19)6-7-13(15-9)16(2)12-5-3-4-10(12)8-14/h6-7,10,12H,3-5,8,14H2,1-2H3. The van der Waals surface area contributed by atoms with Crippen LogP contribution in [0.3, 0.4) is 0 Å². The molecule has 1 aromatic rings. The van der Waals surface area contributed by atoms with Crippen molar-refractivity contribution in [3.8, 4) is 0 Å². The highest BCUT2D eigenvalue weighted by Crippen LogP contribution is 2.31. The maximum absolute atomic E-state index is 10.8. The molecule has 2 atom stereocenters. The highest BCUT2D eigenvalue weighted by Gasteiger charge is 2.30. The van der Waals surface area contributed by atoms with Gasteiger partial charge in [0.05, 0.1) is 4.92 Å². The van der Waals surface area contributed by atoms with Gasteiger partial charge in [-0.25, -0.2) is 4.98 Å². The van der Waals surface area contributed by atoms with E-state index in [2.05, 4.69) is 9.88 Å². The Hall–Kier alpha value is -1.69. The largest absolute Gasteiger partial charge is 0.356 e. The predicted octanol–water partition coefficient (Wildman–Crippen LogP) is 1.86. The van der Waals surface area contributed by atoms with Crippen molar-refractivity contribution in [2.24, 2.45) is 11.7 Å². The van der Waals surface area contributed by atoms with Gasteiger partial charge in [-0.3, -0.25) is 10.1 Å². The van der Waals surface area contributed by atoms with Crippen molar-refractivity contribution in [3.05, 3.63) is 27.9 Å². The monoisotopic (exact) mass is 264 g/mol. The minimum Gasteiger partial charge on any atom is -0.356 e. The Bertz CT molecular complexity index is 478. The molecule has 6 nitrogen and oxygen atoms in total. The summed E-state index contributed by atoms with van der Waals surface area (Å²) in [6.45, 7) is 2.35. The summed E-state index contributed by atoms with van der Waals surface area (Å²) in [5, 5.41) is 10.8. The lowest BCUT2D eigenvalue weighted by Crippen LogP contribution is -2.38. The van der Waals surface area contributed by atoms with Crippen molar-refractivity contribution in [1.82, 2.24) is 4.98 Å². The molecule has 104 valence electrons. The Labute approximate surface area is 112 Å². The maximum atomic E-state index is 10.8. The summed E-state index contributed by atoms with van der Waals surface area (Å²) < 4.78 is 0. The molecule has 6 heteroatoms. The fraction of sp³-hybridized carbons (Fsp3) is 0.615. The first-order valence-electron chi connectivity index (χ1n) is 6.59. The van der Waals surface area contributed by atoms with Crippen molar-refractivity contribution >= 4 is 11.5 Å². The SMILES string of the molecule is Cc1nc(N(C)C2CCCC2CN)ccc1[N+](=O)[O-]. The average molecular weight is 264 g/mol. The second kappa shape index (κ2) is 5.52. The minimum absolute atomic E-state index is 0.0685. The van der Waals surface area contributed by atoms with Crippen molar-refractivity contribution in [3.63, 3.8) is 0 Å². The van der Waals surface area contributed by atoms with Crippen molar-refractivity contribution < 1.29 is 4.92 Å². The Morgan fingerprint density at radius 2 is 2.26 bits per heavy atom. The van der Waals surface area contributed by atoms with Gasteiger partial charge < -0.3 is 10.6 Å². The third-order valence-corrected chi connectivity index (χ3v) is 4.02. The van der Waals surface area contributed by atoms with E-state index in [0.717, 1.165) is 18.7 Å². The number of hydrogen-bond acceptors (Lipinski definition) is 5. The van der Waals surface area contributed by atoms with Gasteiger partial charge in [0, 0.05) is 19.2 Å². The number of nitro groups is 1. The van der Waals surface area contributed by atoms with Gasteiger partial charge in [-0.1, -0.05) is 6.42 Å². The minimum atomic E-state index is -0.398. The van der Waals surface area contributed by atoms with E-state index in [9.17, 15) is 10.1 Å². The molecule has 2 unspecified atom stereocenters. The van der Waals surface area contributed by atoms with Gasteiger partial charge in [-0.15, -0.1) is 0 Å². The van der Waals surface area contributed by atoms with E-state index < -0.39 is 4.92 Å². The molecule has 0 aliphatic heterocycles. The molecular weight excluding hydrogens is 244 g/mol. The van der Waals surface area contributed by atoms with Gasteiger partial charge in [0.2, 0.25) is 0 Å². The molecule has 1 aliphatic rings. The van der Waals surface area contributed by atoms with E-state index in [1.807, 2.05) is 7.05 Å². The van der Waals surface area contributed by atoms with Crippen molar-refractivity contribution in [2.45, 2.75) is 32.2 Å². The van der Waals surface area contributed by atoms with Gasteiger partial charge in [0.25, 0.3) is 5.69 Å². The smallest absolute Gasteiger partial charge is 0.290 e. The molecule has 2 N–H and O–H groups in total. The van der Waals surface area contributed by atoms with E-state index in [0.29, 0.717) is 24.2 Å². The second-order valence-corrected chi connectivity index (χ2v) is 5.14. The molecular formula is C13H20N4O2. The zero-order valence-corrected chi connectivity index (χ0v) is 11.4. The Balaban J connectivity index is 2.22. The van der Waals surface area contributed by atoms with Crippen LogP contribution in [0.2, 0.25) is 0 Å². The number of pyridine rings is 1. The molecule has 0 radical (unpaired) electrons. The molecule has 19 heavy (non-hydrogen) atoms. The van der Waals surface area contributed by atoms with Crippen molar-refractivity contribution in [2.75, 3.05) is 18.5 Å². The lowest BCUT2D eigenvalue weighted by atomic mass is 10.0. The summed E-state index contributed by atoms with van der Waals surface area (Å²) >= 11 is 0. The first-order chi connectivity index (χ1) is 9.04. The summed E-state index contributed by atoms with van der Waals surface area (Å²) in [7, 11) is 1.99. The first kappa shape index (κ1) is 13.7. The summed E-state index contributed by atoms with van der Waals surface area (Å²) in [5.74, 6) is 1.27. The van der Waals surface area contributed by atoms with E-state index in [1.165, 1.54) is 12.5 Å². The topological polar surface area (TPSA) is 85.3 Å². The van der Waals surface area contributed by atoms with Gasteiger partial charge in [0.1, 0.15) is 11.5 Å². The number of rotatable bonds is 4. The van der Waals surface area contributed by atoms with Crippen LogP contribution in [-0.4, -0.2) is 29.5 Å². The molecule has 1 saturated carbocycles. The number of hydrogen-bond donors (Lipinski definition) is 1. The third kappa shape index (κ3) is 2.68. The predicted molar refractivity (Wildman–Crippen MR) is 74.2 cm³/mol. The molecule has 0 saturated heterocycles. The fourth-order valence-electron chi connectivity index (χ4n) is 2.90. The van der Waals surface area contributed by atoms with E-state index in [-0.39, 0.29) is 5.69 Å². The zero-order chi connectivity index (χ0) is 14.0. The Morgan fingerprint density at radius 3 is 2.84 bits per heavy atom. The van der Waals surface area contributed by atoms with Crippen LogP contribution in [0.25, 0.3) is 0 Å². The number of aryl methyl sites for hydroxylation is 1. The average Bonchev–Trinajstić information content (AvgIpc) is 2.85. The lowest BCUT2D eigenvalue weighted by molar-refractivity contribution is -0.385. The molecule has 1 fully saturated rings. The second-order valence-electron chi connectivity index (χ2n) is 5.14. The number of nitrogens with zero attached hydrogens (tertiary/aromatic N) is 3. The quantitative estimate of drug-likeness (QED) is 0.662. The van der Waals surface area contributed by atoms with Gasteiger partial charge >= 0.3 is 0 Å². The summed E-state index contributed by atoms with van der Waals surface area (Å²) in [4.78, 5) is 16.9. The first-order valence-corrected chi connectivity index (χ1v) is 6.59. The molecule has 1 aliphatic carbocycles. The Morgan fingerprint density at radius 1 is 1.53 bits per heavy atom. The van der Waals surface area contributed by atoms with Crippen LogP contribution in [0, 0.1) is 23.0 Å². The number of aromatic nitrogens is 1. The summed E-state index contributed by atoms with van der Waals surface area (Å²) in [6.07, 6.45) is 3.44. The molecule has 0 amide bonds. The van der Waals surface area contributed by atoms with Crippen LogP contribution < -0.4 is 10.6 Å². The lowest BCUT2D eigenvalue weighted by Gasteiger charge is -2.30. The van der Waals surface area contributed by atoms with Crippen LogP contribution in [-0.2, 0) is 0 Å². The third-order valence-electron chi connectivity index (χ3n) is 4.02. The van der Waals surface area contributed by atoms with Gasteiger partial charge in [-0.2, -0.15) is 0 Å². The maximum Gasteiger partial charge on any atom is 0.290 e. The van der Waals surface area contributed by atoms with Crippen LogP contribution in [0.1, 0.15) is 25.0 Å². The Kier molecular flexibility index (Phi) is 3.99. The molecule has 2 rings (SSSR count). The van der Waals surface area contributed by atoms with Crippen molar-refractivity contribution in [1.29, 1.82) is 0 Å². The van der Waals surface area contributed by atoms with Crippen LogP contribution in [0.5, 0.6) is 0 Å². The summed E-state index contributed by atoms with van der Waals surface area (Å²) in [5.41, 5.74) is 6.32. The highest BCUT2D eigenvalue weighted by molar-refractivity contribution is 5.47. The van der Waals surface area contributed by atoms with E-state index >= 15 is 0 Å². The zero-order valence-electron chi connectivity index (χ0n) is 11.4. The van der Waals surface area contributed by atoms with Crippen LogP contribution >= 0.6 is 0 Å². The van der Waals surface area contributed by atoms with Crippen LogP contribution in [0.15, 0.2) is 12.1 Å². The normalized spacial score (nSPS) is 22.5. The highest BCUT2D eigenvalue weighted by atomic mass is 16.6. The molecule has 1 heterocycles. The van der Waals surface area contributed by atoms with Gasteiger partial charge in [-0.05, 0) is 38.3 Å². The van der Waals surface area contributed by atoms with E-state index in [1.54, 1.807) is 13.0 Å². The van der Waals surface area contributed by atoms with Crippen LogP contribution in [0.4, 0.5) is 11.5 Å². The number of nitrogens with two attached hydrogens (primary N) is 1. The summed E-state index contributed by atoms with van der Waals surface area (Å²) in [6, 6.07) is 3.63. The molecule has 0 spiro atoms. The number of anilines is 1. The van der Waals surface area contributed by atoms with Gasteiger partial charge in [0.15, 0.2) is 0 Å².